The molecule has 1 amide bonds. The molecular weight excluding hydrogens is 311 g/mol. The number of amides is 1. The van der Waals surface area contributed by atoms with Gasteiger partial charge >= 0.3 is 0 Å². The first-order valence-electron chi connectivity index (χ1n) is 6.24. The average molecular weight is 326 g/mol. The summed E-state index contributed by atoms with van der Waals surface area (Å²) >= 11 is 2.96. The Bertz CT molecular complexity index is 646. The maximum Gasteiger partial charge on any atom is 0.229 e. The Morgan fingerprint density at radius 1 is 1.57 bits per heavy atom. The van der Waals surface area contributed by atoms with Crippen LogP contribution in [0.15, 0.2) is 28.5 Å². The van der Waals surface area contributed by atoms with Crippen molar-refractivity contribution in [3.63, 3.8) is 0 Å². The monoisotopic (exact) mass is 326 g/mol. The predicted molar refractivity (Wildman–Crippen MR) is 83.2 cm³/mol. The minimum Gasteiger partial charge on any atom is -0.388 e. The number of benzene rings is 1. The quantitative estimate of drug-likeness (QED) is 0.827. The van der Waals surface area contributed by atoms with Crippen molar-refractivity contribution >= 4 is 34.1 Å². The molecule has 0 fully saturated rings. The van der Waals surface area contributed by atoms with Gasteiger partial charge in [0, 0.05) is 0 Å². The number of aryl methyl sites for hydroxylation is 1. The summed E-state index contributed by atoms with van der Waals surface area (Å²) in [6.45, 7) is 1.87. The number of carbonyl (C=O) groups is 1. The highest BCUT2D eigenvalue weighted by atomic mass is 32.2. The molecule has 0 spiro atoms. The van der Waals surface area contributed by atoms with Gasteiger partial charge in [0.15, 0.2) is 5.13 Å². The largest absolute Gasteiger partial charge is 0.388 e. The maximum absolute atomic E-state index is 13.1. The Balaban J connectivity index is 1.97. The molecule has 0 saturated heterocycles. The van der Waals surface area contributed by atoms with Crippen LogP contribution >= 0.6 is 23.1 Å². The van der Waals surface area contributed by atoms with Crippen molar-refractivity contribution in [1.29, 1.82) is 0 Å². The topological polar surface area (TPSA) is 62.2 Å². The number of thiazole rings is 1. The number of nitrogens with one attached hydrogen (secondary N) is 1. The number of anilines is 1. The van der Waals surface area contributed by atoms with Crippen molar-refractivity contribution in [2.45, 2.75) is 23.7 Å². The van der Waals surface area contributed by atoms with E-state index in [1.807, 2.05) is 13.2 Å². The summed E-state index contributed by atoms with van der Waals surface area (Å²) < 4.78 is 14.1. The van der Waals surface area contributed by atoms with E-state index in [1.54, 1.807) is 17.8 Å². The zero-order chi connectivity index (χ0) is 15.4. The highest BCUT2D eigenvalue weighted by molar-refractivity contribution is 8.00. The van der Waals surface area contributed by atoms with Gasteiger partial charge < -0.3 is 10.4 Å². The third-order valence-corrected chi connectivity index (χ3v) is 5.08. The van der Waals surface area contributed by atoms with Crippen molar-refractivity contribution in [2.75, 3.05) is 11.6 Å². The number of aliphatic hydroxyl groups is 1. The molecule has 2 N–H and O–H groups in total. The highest BCUT2D eigenvalue weighted by Crippen LogP contribution is 2.30. The van der Waals surface area contributed by atoms with E-state index in [4.69, 9.17) is 0 Å². The van der Waals surface area contributed by atoms with E-state index in [0.29, 0.717) is 10.7 Å². The van der Waals surface area contributed by atoms with Crippen molar-refractivity contribution in [1.82, 2.24) is 4.98 Å². The lowest BCUT2D eigenvalue weighted by Crippen LogP contribution is -2.15. The number of rotatable bonds is 5. The summed E-state index contributed by atoms with van der Waals surface area (Å²) in [7, 11) is 0. The van der Waals surface area contributed by atoms with Crippen LogP contribution in [0, 0.1) is 12.7 Å². The molecule has 0 saturated carbocycles. The van der Waals surface area contributed by atoms with E-state index in [1.165, 1.54) is 29.5 Å². The molecule has 2 aromatic rings. The van der Waals surface area contributed by atoms with Crippen LogP contribution in [0.2, 0.25) is 0 Å². The second-order valence-corrected chi connectivity index (χ2v) is 6.49. The van der Waals surface area contributed by atoms with E-state index in [9.17, 15) is 14.3 Å². The van der Waals surface area contributed by atoms with Gasteiger partial charge in [0.05, 0.1) is 22.4 Å². The minimum absolute atomic E-state index is 0.142. The number of aliphatic hydroxyl groups excluding tert-OH is 1. The summed E-state index contributed by atoms with van der Waals surface area (Å²) in [5.41, 5.74) is 1.25. The van der Waals surface area contributed by atoms with Gasteiger partial charge in [-0.1, -0.05) is 23.5 Å². The molecule has 0 aliphatic rings. The fourth-order valence-electron chi connectivity index (χ4n) is 1.80. The Morgan fingerprint density at radius 2 is 2.33 bits per heavy atom. The summed E-state index contributed by atoms with van der Waals surface area (Å²) in [5.74, 6) is -0.791. The van der Waals surface area contributed by atoms with Crippen molar-refractivity contribution in [2.24, 2.45) is 0 Å². The number of thioether (sulfide) groups is 1. The fraction of sp³-hybridized carbons (Fsp3) is 0.286. The first kappa shape index (κ1) is 15.9. The Labute approximate surface area is 130 Å². The number of hydrogen-bond donors (Lipinski definition) is 2. The lowest BCUT2D eigenvalue weighted by Gasteiger charge is -2.10. The van der Waals surface area contributed by atoms with Gasteiger partial charge in [0.25, 0.3) is 0 Å². The maximum atomic E-state index is 13.1. The van der Waals surface area contributed by atoms with Gasteiger partial charge in [-0.05, 0) is 30.9 Å². The number of aromatic nitrogens is 1. The smallest absolute Gasteiger partial charge is 0.229 e. The van der Waals surface area contributed by atoms with Crippen LogP contribution < -0.4 is 5.32 Å². The second kappa shape index (κ2) is 7.02. The molecule has 112 valence electrons. The second-order valence-electron chi connectivity index (χ2n) is 4.42. The molecule has 1 aromatic carbocycles. The van der Waals surface area contributed by atoms with Gasteiger partial charge in [-0.25, -0.2) is 9.37 Å². The van der Waals surface area contributed by atoms with E-state index in [0.717, 1.165) is 9.90 Å². The van der Waals surface area contributed by atoms with Crippen LogP contribution in [0.3, 0.4) is 0 Å². The lowest BCUT2D eigenvalue weighted by atomic mass is 10.1. The van der Waals surface area contributed by atoms with Crippen molar-refractivity contribution < 1.29 is 14.3 Å². The summed E-state index contributed by atoms with van der Waals surface area (Å²) in [4.78, 5) is 16.1. The van der Waals surface area contributed by atoms with Crippen LogP contribution in [-0.4, -0.2) is 22.3 Å². The van der Waals surface area contributed by atoms with Crippen molar-refractivity contribution in [3.05, 3.63) is 41.3 Å². The van der Waals surface area contributed by atoms with Crippen molar-refractivity contribution in [3.8, 4) is 0 Å². The van der Waals surface area contributed by atoms with Gasteiger partial charge in [0.1, 0.15) is 5.82 Å². The molecule has 1 unspecified atom stereocenters. The van der Waals surface area contributed by atoms with E-state index >= 15 is 0 Å². The fourth-order valence-corrected chi connectivity index (χ4v) is 3.43. The third-order valence-electron chi connectivity index (χ3n) is 2.80. The van der Waals surface area contributed by atoms with E-state index < -0.39 is 11.9 Å². The van der Waals surface area contributed by atoms with Crippen LogP contribution in [0.4, 0.5) is 9.52 Å². The third kappa shape index (κ3) is 4.26. The molecular formula is C14H15FN2O2S2. The van der Waals surface area contributed by atoms with Gasteiger partial charge in [-0.3, -0.25) is 4.79 Å². The average Bonchev–Trinajstić information content (AvgIpc) is 2.78. The van der Waals surface area contributed by atoms with Crippen LogP contribution in [0.25, 0.3) is 0 Å². The normalized spacial score (nSPS) is 12.2. The zero-order valence-electron chi connectivity index (χ0n) is 11.6. The molecule has 1 atom stereocenters. The number of carbonyl (C=O) groups excluding carboxylic acids is 1. The predicted octanol–water partition coefficient (Wildman–Crippen LogP) is 3.37. The van der Waals surface area contributed by atoms with Gasteiger partial charge in [-0.15, -0.1) is 11.8 Å². The van der Waals surface area contributed by atoms with Gasteiger partial charge in [-0.2, -0.15) is 0 Å². The van der Waals surface area contributed by atoms with Crippen LogP contribution in [-0.2, 0) is 4.79 Å². The molecule has 4 nitrogen and oxygen atoms in total. The first-order valence-corrected chi connectivity index (χ1v) is 8.28. The Morgan fingerprint density at radius 3 is 2.95 bits per heavy atom. The molecule has 2 rings (SSSR count). The van der Waals surface area contributed by atoms with Gasteiger partial charge in [0.2, 0.25) is 5.91 Å². The van der Waals surface area contributed by atoms with E-state index in [-0.39, 0.29) is 12.3 Å². The number of hydrogen-bond acceptors (Lipinski definition) is 5. The zero-order valence-corrected chi connectivity index (χ0v) is 13.2. The molecule has 0 aliphatic carbocycles. The molecule has 0 radical (unpaired) electrons. The molecule has 1 aromatic heterocycles. The molecule has 21 heavy (non-hydrogen) atoms. The summed E-state index contributed by atoms with van der Waals surface area (Å²) in [6.07, 6.45) is 0.762. The summed E-state index contributed by atoms with van der Waals surface area (Å²) in [6, 6.07) is 5.59. The number of halogens is 1. The number of nitrogens with zero attached hydrogens (tertiary/aromatic N) is 1. The van der Waals surface area contributed by atoms with E-state index in [2.05, 4.69) is 10.3 Å². The lowest BCUT2D eigenvalue weighted by molar-refractivity contribution is -0.118. The highest BCUT2D eigenvalue weighted by Gasteiger charge is 2.15. The molecule has 0 bridgehead atoms. The Hall–Kier alpha value is -1.44. The molecule has 7 heteroatoms. The molecule has 0 aliphatic heterocycles. The Kier molecular flexibility index (Phi) is 5.33. The minimum atomic E-state index is -1.04. The van der Waals surface area contributed by atoms with Crippen LogP contribution in [0.5, 0.6) is 0 Å². The SMILES string of the molecule is CSc1sc(NC(=O)CC(O)c2cccc(F)c2)nc1C. The first-order chi connectivity index (χ1) is 9.99. The van der Waals surface area contributed by atoms with Crippen LogP contribution in [0.1, 0.15) is 23.8 Å². The molecule has 1 heterocycles. The summed E-state index contributed by atoms with van der Waals surface area (Å²) in [5, 5.41) is 13.1. The standard InChI is InChI=1S/C14H15FN2O2S2/c1-8-13(20-2)21-14(16-8)17-12(19)7-11(18)9-4-3-5-10(15)6-9/h3-6,11,18H,7H2,1-2H3,(H,16,17,19).